The number of aryl methyl sites for hydroxylation is 1. The van der Waals surface area contributed by atoms with Crippen molar-refractivity contribution in [3.63, 3.8) is 0 Å². The number of benzene rings is 1. The third kappa shape index (κ3) is 3.22. The zero-order chi connectivity index (χ0) is 11.4. The minimum Gasteiger partial charge on any atom is -0.448 e. The van der Waals surface area contributed by atoms with E-state index in [4.69, 9.17) is 4.42 Å². The van der Waals surface area contributed by atoms with Crippen molar-refractivity contribution in [3.8, 4) is 0 Å². The molecule has 2 rings (SSSR count). The van der Waals surface area contributed by atoms with Gasteiger partial charge in [0.25, 0.3) is 0 Å². The molecule has 1 aromatic carbocycles. The summed E-state index contributed by atoms with van der Waals surface area (Å²) < 4.78 is 6.22. The van der Waals surface area contributed by atoms with Gasteiger partial charge in [-0.3, -0.25) is 0 Å². The Morgan fingerprint density at radius 1 is 1.06 bits per heavy atom. The Bertz CT molecular complexity index is 447. The van der Waals surface area contributed by atoms with Crippen LogP contribution in [0, 0.1) is 6.92 Å². The molecular weight excluding hydrogens is 266 g/mol. The summed E-state index contributed by atoms with van der Waals surface area (Å²) >= 11 is 3.30. The molecular formula is C13H15BrNO+. The fraction of sp³-hybridized carbons (Fsp3) is 0.231. The van der Waals surface area contributed by atoms with Crippen LogP contribution in [0.2, 0.25) is 0 Å². The lowest BCUT2D eigenvalue weighted by atomic mass is 10.1. The van der Waals surface area contributed by atoms with Crippen LogP contribution in [0.25, 0.3) is 0 Å². The Morgan fingerprint density at radius 2 is 1.81 bits per heavy atom. The summed E-state index contributed by atoms with van der Waals surface area (Å²) in [6.07, 6.45) is 0. The summed E-state index contributed by atoms with van der Waals surface area (Å²) in [7, 11) is 0. The van der Waals surface area contributed by atoms with E-state index in [1.807, 2.05) is 12.1 Å². The van der Waals surface area contributed by atoms with Gasteiger partial charge in [-0.1, -0.05) is 29.8 Å². The first kappa shape index (κ1) is 11.4. The van der Waals surface area contributed by atoms with Gasteiger partial charge in [0.15, 0.2) is 10.4 Å². The van der Waals surface area contributed by atoms with E-state index in [9.17, 15) is 0 Å². The molecule has 0 aliphatic carbocycles. The van der Waals surface area contributed by atoms with Gasteiger partial charge in [0.1, 0.15) is 13.1 Å². The van der Waals surface area contributed by atoms with Crippen molar-refractivity contribution in [1.82, 2.24) is 0 Å². The van der Waals surface area contributed by atoms with Gasteiger partial charge in [-0.2, -0.15) is 0 Å². The predicted molar refractivity (Wildman–Crippen MR) is 66.9 cm³/mol. The molecule has 0 saturated heterocycles. The molecule has 0 unspecified atom stereocenters. The topological polar surface area (TPSA) is 29.8 Å². The normalized spacial score (nSPS) is 10.6. The SMILES string of the molecule is Cc1ccc(C[NH2+]Cc2ccc(Br)o2)cc1. The second-order valence-electron chi connectivity index (χ2n) is 3.89. The molecule has 0 atom stereocenters. The van der Waals surface area contributed by atoms with E-state index in [2.05, 4.69) is 52.4 Å². The molecule has 84 valence electrons. The van der Waals surface area contributed by atoms with Gasteiger partial charge in [0.2, 0.25) is 0 Å². The van der Waals surface area contributed by atoms with Gasteiger partial charge in [-0.05, 0) is 35.0 Å². The standard InChI is InChI=1S/C13H14BrNO/c1-10-2-4-11(5-3-10)8-15-9-12-6-7-13(14)16-12/h2-7,15H,8-9H2,1H3/p+1. The van der Waals surface area contributed by atoms with Crippen LogP contribution in [0.4, 0.5) is 0 Å². The van der Waals surface area contributed by atoms with E-state index in [1.165, 1.54) is 11.1 Å². The third-order valence-corrected chi connectivity index (χ3v) is 2.90. The third-order valence-electron chi connectivity index (χ3n) is 2.48. The summed E-state index contributed by atoms with van der Waals surface area (Å²) in [5.41, 5.74) is 2.65. The van der Waals surface area contributed by atoms with Gasteiger partial charge in [0, 0.05) is 5.56 Å². The van der Waals surface area contributed by atoms with Gasteiger partial charge in [-0.25, -0.2) is 0 Å². The number of halogens is 1. The van der Waals surface area contributed by atoms with E-state index in [1.54, 1.807) is 0 Å². The average molecular weight is 281 g/mol. The van der Waals surface area contributed by atoms with Crippen LogP contribution in [-0.4, -0.2) is 0 Å². The molecule has 0 spiro atoms. The molecule has 1 aromatic heterocycles. The van der Waals surface area contributed by atoms with Crippen molar-refractivity contribution < 1.29 is 9.73 Å². The van der Waals surface area contributed by atoms with Crippen molar-refractivity contribution in [3.05, 3.63) is 58.0 Å². The highest BCUT2D eigenvalue weighted by atomic mass is 79.9. The van der Waals surface area contributed by atoms with E-state index in [-0.39, 0.29) is 0 Å². The summed E-state index contributed by atoms with van der Waals surface area (Å²) in [5, 5.41) is 2.23. The highest BCUT2D eigenvalue weighted by Gasteiger charge is 2.01. The van der Waals surface area contributed by atoms with E-state index in [0.717, 1.165) is 23.5 Å². The van der Waals surface area contributed by atoms with Gasteiger partial charge in [0.05, 0.1) is 0 Å². The molecule has 0 bridgehead atoms. The Hall–Kier alpha value is -1.06. The van der Waals surface area contributed by atoms with Gasteiger partial charge >= 0.3 is 0 Å². The van der Waals surface area contributed by atoms with Crippen molar-refractivity contribution in [2.24, 2.45) is 0 Å². The second kappa shape index (κ2) is 5.32. The smallest absolute Gasteiger partial charge is 0.169 e. The molecule has 0 saturated carbocycles. The van der Waals surface area contributed by atoms with E-state index < -0.39 is 0 Å². The molecule has 0 aliphatic heterocycles. The number of nitrogens with two attached hydrogens (primary N) is 1. The fourth-order valence-corrected chi connectivity index (χ4v) is 1.91. The van der Waals surface area contributed by atoms with Gasteiger partial charge in [-0.15, -0.1) is 0 Å². The Kier molecular flexibility index (Phi) is 3.80. The molecule has 16 heavy (non-hydrogen) atoms. The predicted octanol–water partition coefficient (Wildman–Crippen LogP) is 2.61. The fourth-order valence-electron chi connectivity index (χ4n) is 1.57. The summed E-state index contributed by atoms with van der Waals surface area (Å²) in [5.74, 6) is 0.999. The minimum absolute atomic E-state index is 0.797. The number of quaternary nitrogens is 1. The van der Waals surface area contributed by atoms with Crippen LogP contribution in [-0.2, 0) is 13.1 Å². The van der Waals surface area contributed by atoms with Crippen LogP contribution < -0.4 is 5.32 Å². The molecule has 3 heteroatoms. The number of rotatable bonds is 4. The number of hydrogen-bond acceptors (Lipinski definition) is 1. The summed E-state index contributed by atoms with van der Waals surface area (Å²) in [6.45, 7) is 3.96. The lowest BCUT2D eigenvalue weighted by Gasteiger charge is -2.00. The van der Waals surface area contributed by atoms with Crippen molar-refractivity contribution in [2.45, 2.75) is 20.0 Å². The first-order chi connectivity index (χ1) is 7.74. The maximum atomic E-state index is 5.43. The van der Waals surface area contributed by atoms with Crippen molar-refractivity contribution >= 4 is 15.9 Å². The molecule has 0 aliphatic rings. The second-order valence-corrected chi connectivity index (χ2v) is 4.67. The first-order valence-corrected chi connectivity index (χ1v) is 6.15. The monoisotopic (exact) mass is 280 g/mol. The van der Waals surface area contributed by atoms with Crippen LogP contribution in [0.15, 0.2) is 45.5 Å². The zero-order valence-corrected chi connectivity index (χ0v) is 10.8. The maximum Gasteiger partial charge on any atom is 0.169 e. The zero-order valence-electron chi connectivity index (χ0n) is 9.24. The van der Waals surface area contributed by atoms with Crippen LogP contribution >= 0.6 is 15.9 Å². The van der Waals surface area contributed by atoms with E-state index >= 15 is 0 Å². The molecule has 2 nitrogen and oxygen atoms in total. The quantitative estimate of drug-likeness (QED) is 0.917. The molecule has 2 N–H and O–H groups in total. The Balaban J connectivity index is 1.82. The maximum absolute atomic E-state index is 5.43. The lowest BCUT2D eigenvalue weighted by molar-refractivity contribution is -0.688. The van der Waals surface area contributed by atoms with E-state index in [0.29, 0.717) is 0 Å². The average Bonchev–Trinajstić information content (AvgIpc) is 2.67. The number of furan rings is 1. The van der Waals surface area contributed by atoms with Crippen molar-refractivity contribution in [2.75, 3.05) is 0 Å². The van der Waals surface area contributed by atoms with Crippen LogP contribution in [0.3, 0.4) is 0 Å². The lowest BCUT2D eigenvalue weighted by Crippen LogP contribution is -2.80. The summed E-state index contributed by atoms with van der Waals surface area (Å²) in [6, 6.07) is 12.6. The molecule has 0 radical (unpaired) electrons. The number of hydrogen-bond donors (Lipinski definition) is 1. The highest BCUT2D eigenvalue weighted by Crippen LogP contribution is 2.12. The molecule has 1 heterocycles. The minimum atomic E-state index is 0.797. The van der Waals surface area contributed by atoms with Crippen LogP contribution in [0.1, 0.15) is 16.9 Å². The van der Waals surface area contributed by atoms with Crippen molar-refractivity contribution in [1.29, 1.82) is 0 Å². The van der Waals surface area contributed by atoms with Crippen LogP contribution in [0.5, 0.6) is 0 Å². The largest absolute Gasteiger partial charge is 0.448 e. The molecule has 0 amide bonds. The molecule has 2 aromatic rings. The summed E-state index contributed by atoms with van der Waals surface area (Å²) in [4.78, 5) is 0. The first-order valence-electron chi connectivity index (χ1n) is 5.35. The Morgan fingerprint density at radius 3 is 2.44 bits per heavy atom. The van der Waals surface area contributed by atoms with Gasteiger partial charge < -0.3 is 9.73 Å². The highest BCUT2D eigenvalue weighted by molar-refractivity contribution is 9.10. The molecule has 0 fully saturated rings. The Labute approximate surface area is 104 Å².